The molecular weight excluding hydrogens is 283 g/mol. The number of nitrogens with zero attached hydrogens (tertiary/aromatic N) is 2. The van der Waals surface area contributed by atoms with E-state index in [1.165, 1.54) is 0 Å². The van der Waals surface area contributed by atoms with Crippen molar-refractivity contribution in [2.45, 2.75) is 19.8 Å². The first-order chi connectivity index (χ1) is 9.13. The van der Waals surface area contributed by atoms with Gasteiger partial charge in [0.15, 0.2) is 0 Å². The molecular formula is C14H14Cl2N2O. The lowest BCUT2D eigenvalue weighted by atomic mass is 10.0. The van der Waals surface area contributed by atoms with E-state index in [-0.39, 0.29) is 5.28 Å². The molecule has 0 spiro atoms. The summed E-state index contributed by atoms with van der Waals surface area (Å²) in [5, 5.41) is 0.871. The Labute approximate surface area is 122 Å². The molecule has 1 aromatic carbocycles. The molecule has 1 aromatic heterocycles. The number of halogens is 2. The number of aromatic nitrogens is 2. The van der Waals surface area contributed by atoms with Crippen molar-refractivity contribution in [3.05, 3.63) is 51.5 Å². The van der Waals surface area contributed by atoms with Crippen LogP contribution in [-0.4, -0.2) is 17.1 Å². The first kappa shape index (κ1) is 14.1. The van der Waals surface area contributed by atoms with Crippen molar-refractivity contribution < 1.29 is 4.74 Å². The van der Waals surface area contributed by atoms with Gasteiger partial charge in [-0.15, -0.1) is 0 Å². The number of benzene rings is 1. The first-order valence-electron chi connectivity index (χ1n) is 5.96. The van der Waals surface area contributed by atoms with Gasteiger partial charge >= 0.3 is 0 Å². The van der Waals surface area contributed by atoms with Crippen LogP contribution >= 0.6 is 23.2 Å². The van der Waals surface area contributed by atoms with Crippen LogP contribution in [0.2, 0.25) is 10.3 Å². The summed E-state index contributed by atoms with van der Waals surface area (Å²) in [5.74, 6) is 0.664. The van der Waals surface area contributed by atoms with Gasteiger partial charge in [0.05, 0.1) is 17.8 Å². The summed E-state index contributed by atoms with van der Waals surface area (Å²) in [7, 11) is 1.60. The average Bonchev–Trinajstić information content (AvgIpc) is 2.41. The molecule has 0 unspecified atom stereocenters. The van der Waals surface area contributed by atoms with Crippen LogP contribution in [0.25, 0.3) is 0 Å². The second-order valence-electron chi connectivity index (χ2n) is 4.11. The second-order valence-corrected chi connectivity index (χ2v) is 4.86. The van der Waals surface area contributed by atoms with Gasteiger partial charge in [0.1, 0.15) is 5.75 Å². The molecule has 0 aliphatic heterocycles. The molecule has 0 N–H and O–H groups in total. The van der Waals surface area contributed by atoms with Gasteiger partial charge in [0.25, 0.3) is 0 Å². The number of aryl methyl sites for hydroxylation is 1. The Hall–Kier alpha value is -1.32. The third kappa shape index (κ3) is 3.37. The third-order valence-electron chi connectivity index (χ3n) is 2.89. The van der Waals surface area contributed by atoms with E-state index < -0.39 is 0 Å². The molecule has 2 rings (SSSR count). The number of hydrogen-bond acceptors (Lipinski definition) is 3. The lowest BCUT2D eigenvalue weighted by molar-refractivity contribution is 0.414. The molecule has 0 radical (unpaired) electrons. The Kier molecular flexibility index (Phi) is 4.61. The Balaban J connectivity index is 2.33. The van der Waals surface area contributed by atoms with Gasteiger partial charge in [0, 0.05) is 12.6 Å². The summed E-state index contributed by atoms with van der Waals surface area (Å²) >= 11 is 11.9. The standard InChI is InChI=1S/C14H14Cl2N2O/c1-3-10-8-17-14(16)18-12(10)6-9-4-5-11(15)13(7-9)19-2/h4-5,7-8H,3,6H2,1-2H3. The van der Waals surface area contributed by atoms with Crippen LogP contribution in [0.15, 0.2) is 24.4 Å². The molecule has 2 aromatic rings. The van der Waals surface area contributed by atoms with Gasteiger partial charge in [-0.05, 0) is 41.3 Å². The van der Waals surface area contributed by atoms with E-state index in [2.05, 4.69) is 16.9 Å². The molecule has 0 saturated carbocycles. The number of methoxy groups -OCH3 is 1. The highest BCUT2D eigenvalue weighted by molar-refractivity contribution is 6.32. The van der Waals surface area contributed by atoms with E-state index in [4.69, 9.17) is 27.9 Å². The Morgan fingerprint density at radius 1 is 1.26 bits per heavy atom. The molecule has 0 saturated heterocycles. The van der Waals surface area contributed by atoms with Crippen molar-refractivity contribution in [3.8, 4) is 5.75 Å². The van der Waals surface area contributed by atoms with Crippen LogP contribution in [0.5, 0.6) is 5.75 Å². The van der Waals surface area contributed by atoms with E-state index in [1.807, 2.05) is 18.2 Å². The summed E-state index contributed by atoms with van der Waals surface area (Å²) in [6.07, 6.45) is 3.33. The van der Waals surface area contributed by atoms with Gasteiger partial charge in [-0.25, -0.2) is 9.97 Å². The molecule has 19 heavy (non-hydrogen) atoms. The third-order valence-corrected chi connectivity index (χ3v) is 3.39. The minimum atomic E-state index is 0.271. The number of hydrogen-bond donors (Lipinski definition) is 0. The molecule has 5 heteroatoms. The molecule has 3 nitrogen and oxygen atoms in total. The zero-order chi connectivity index (χ0) is 13.8. The fraction of sp³-hybridized carbons (Fsp3) is 0.286. The van der Waals surface area contributed by atoms with Gasteiger partial charge in [0.2, 0.25) is 5.28 Å². The minimum absolute atomic E-state index is 0.271. The van der Waals surface area contributed by atoms with E-state index >= 15 is 0 Å². The maximum atomic E-state index is 6.01. The van der Waals surface area contributed by atoms with Crippen LogP contribution in [0, 0.1) is 0 Å². The van der Waals surface area contributed by atoms with Crippen molar-refractivity contribution in [1.29, 1.82) is 0 Å². The topological polar surface area (TPSA) is 35.0 Å². The van der Waals surface area contributed by atoms with E-state index in [1.54, 1.807) is 13.3 Å². The Morgan fingerprint density at radius 3 is 2.74 bits per heavy atom. The Bertz CT molecular complexity index is 588. The quantitative estimate of drug-likeness (QED) is 0.802. The van der Waals surface area contributed by atoms with Crippen LogP contribution in [0.3, 0.4) is 0 Å². The van der Waals surface area contributed by atoms with Crippen molar-refractivity contribution in [2.24, 2.45) is 0 Å². The highest BCUT2D eigenvalue weighted by atomic mass is 35.5. The maximum Gasteiger partial charge on any atom is 0.222 e. The van der Waals surface area contributed by atoms with Crippen LogP contribution in [-0.2, 0) is 12.8 Å². The second kappa shape index (κ2) is 6.22. The average molecular weight is 297 g/mol. The van der Waals surface area contributed by atoms with Crippen LogP contribution < -0.4 is 4.74 Å². The molecule has 0 atom stereocenters. The first-order valence-corrected chi connectivity index (χ1v) is 6.72. The summed E-state index contributed by atoms with van der Waals surface area (Å²) in [4.78, 5) is 8.31. The van der Waals surface area contributed by atoms with E-state index in [0.29, 0.717) is 17.2 Å². The summed E-state index contributed by atoms with van der Waals surface area (Å²) in [5.41, 5.74) is 3.11. The lowest BCUT2D eigenvalue weighted by Gasteiger charge is -2.09. The maximum absolute atomic E-state index is 6.01. The highest BCUT2D eigenvalue weighted by Gasteiger charge is 2.08. The molecule has 0 aliphatic rings. The highest BCUT2D eigenvalue weighted by Crippen LogP contribution is 2.26. The zero-order valence-corrected chi connectivity index (χ0v) is 12.3. The van der Waals surface area contributed by atoms with Crippen molar-refractivity contribution in [1.82, 2.24) is 9.97 Å². The molecule has 0 bridgehead atoms. The normalized spacial score (nSPS) is 10.5. The van der Waals surface area contributed by atoms with Crippen LogP contribution in [0.1, 0.15) is 23.7 Å². The van der Waals surface area contributed by atoms with Crippen molar-refractivity contribution in [2.75, 3.05) is 7.11 Å². The molecule has 0 fully saturated rings. The summed E-state index contributed by atoms with van der Waals surface area (Å²) in [6.45, 7) is 2.07. The number of ether oxygens (including phenoxy) is 1. The van der Waals surface area contributed by atoms with E-state index in [9.17, 15) is 0 Å². The monoisotopic (exact) mass is 296 g/mol. The molecule has 100 valence electrons. The van der Waals surface area contributed by atoms with Gasteiger partial charge in [-0.2, -0.15) is 0 Å². The lowest BCUT2D eigenvalue weighted by Crippen LogP contribution is -2.01. The minimum Gasteiger partial charge on any atom is -0.495 e. The fourth-order valence-corrected chi connectivity index (χ4v) is 2.22. The van der Waals surface area contributed by atoms with Gasteiger partial charge in [-0.3, -0.25) is 0 Å². The predicted molar refractivity (Wildman–Crippen MR) is 77.2 cm³/mol. The summed E-state index contributed by atoms with van der Waals surface area (Å²) in [6, 6.07) is 5.70. The van der Waals surface area contributed by atoms with Crippen LogP contribution in [0.4, 0.5) is 0 Å². The van der Waals surface area contributed by atoms with Gasteiger partial charge in [-0.1, -0.05) is 24.6 Å². The molecule has 0 aliphatic carbocycles. The Morgan fingerprint density at radius 2 is 2.05 bits per heavy atom. The van der Waals surface area contributed by atoms with E-state index in [0.717, 1.165) is 23.2 Å². The van der Waals surface area contributed by atoms with Gasteiger partial charge < -0.3 is 4.74 Å². The SMILES string of the molecule is CCc1cnc(Cl)nc1Cc1ccc(Cl)c(OC)c1. The largest absolute Gasteiger partial charge is 0.495 e. The molecule has 1 heterocycles. The summed E-state index contributed by atoms with van der Waals surface area (Å²) < 4.78 is 5.21. The van der Waals surface area contributed by atoms with Crippen molar-refractivity contribution in [3.63, 3.8) is 0 Å². The predicted octanol–water partition coefficient (Wildman–Crippen LogP) is 3.95. The smallest absolute Gasteiger partial charge is 0.222 e. The zero-order valence-electron chi connectivity index (χ0n) is 10.8. The van der Waals surface area contributed by atoms with Crippen molar-refractivity contribution >= 4 is 23.2 Å². The fourth-order valence-electron chi connectivity index (χ4n) is 1.87. The number of rotatable bonds is 4. The molecule has 0 amide bonds.